The summed E-state index contributed by atoms with van der Waals surface area (Å²) in [5.74, 6) is 1.84. The second-order valence-corrected chi connectivity index (χ2v) is 5.69. The zero-order valence-electron chi connectivity index (χ0n) is 11.0. The zero-order chi connectivity index (χ0) is 12.1. The summed E-state index contributed by atoms with van der Waals surface area (Å²) in [5.41, 5.74) is 0. The quantitative estimate of drug-likeness (QED) is 0.744. The fourth-order valence-corrected chi connectivity index (χ4v) is 2.90. The van der Waals surface area contributed by atoms with Crippen LogP contribution < -0.4 is 10.6 Å². The van der Waals surface area contributed by atoms with Crippen molar-refractivity contribution >= 4 is 5.91 Å². The van der Waals surface area contributed by atoms with Crippen molar-refractivity contribution in [2.45, 2.75) is 57.9 Å². The van der Waals surface area contributed by atoms with Gasteiger partial charge in [0, 0.05) is 12.5 Å². The minimum Gasteiger partial charge on any atom is -0.353 e. The molecule has 17 heavy (non-hydrogen) atoms. The number of piperidine rings is 1. The summed E-state index contributed by atoms with van der Waals surface area (Å²) in [4.78, 5) is 11.8. The molecule has 2 unspecified atom stereocenters. The van der Waals surface area contributed by atoms with Gasteiger partial charge in [-0.15, -0.1) is 0 Å². The lowest BCUT2D eigenvalue weighted by atomic mass is 9.93. The van der Waals surface area contributed by atoms with Crippen molar-refractivity contribution < 1.29 is 4.79 Å². The standard InChI is InChI=1S/C14H26N2O/c1-2-3-12-10-13(12)16-14(17)5-4-11-6-8-15-9-7-11/h11-13,15H,2-10H2,1H3,(H,16,17). The third-order valence-electron chi connectivity index (χ3n) is 4.17. The van der Waals surface area contributed by atoms with E-state index in [1.807, 2.05) is 0 Å². The molecule has 2 fully saturated rings. The normalized spacial score (nSPS) is 29.0. The van der Waals surface area contributed by atoms with E-state index < -0.39 is 0 Å². The molecule has 0 aromatic rings. The van der Waals surface area contributed by atoms with Crippen LogP contribution in [0.25, 0.3) is 0 Å². The van der Waals surface area contributed by atoms with Gasteiger partial charge in [0.05, 0.1) is 0 Å². The Bertz CT molecular complexity index is 249. The first-order valence-electron chi connectivity index (χ1n) is 7.29. The van der Waals surface area contributed by atoms with Gasteiger partial charge in [0.15, 0.2) is 0 Å². The maximum atomic E-state index is 11.8. The molecule has 1 aliphatic carbocycles. The molecule has 0 aromatic heterocycles. The minimum absolute atomic E-state index is 0.284. The molecule has 2 rings (SSSR count). The molecule has 1 aliphatic heterocycles. The number of rotatable bonds is 6. The SMILES string of the molecule is CCCC1CC1NC(=O)CCC1CCNCC1. The van der Waals surface area contributed by atoms with E-state index in [2.05, 4.69) is 17.6 Å². The lowest BCUT2D eigenvalue weighted by molar-refractivity contribution is -0.121. The first-order chi connectivity index (χ1) is 8.29. The van der Waals surface area contributed by atoms with Crippen LogP contribution in [0.3, 0.4) is 0 Å². The highest BCUT2D eigenvalue weighted by Gasteiger charge is 2.36. The number of carbonyl (C=O) groups is 1. The molecule has 2 aliphatic rings. The van der Waals surface area contributed by atoms with E-state index >= 15 is 0 Å². The maximum absolute atomic E-state index is 11.8. The van der Waals surface area contributed by atoms with Crippen LogP contribution in [0.2, 0.25) is 0 Å². The number of hydrogen-bond acceptors (Lipinski definition) is 2. The lowest BCUT2D eigenvalue weighted by Gasteiger charge is -2.22. The molecule has 2 N–H and O–H groups in total. The number of hydrogen-bond donors (Lipinski definition) is 2. The van der Waals surface area contributed by atoms with Gasteiger partial charge in [0.2, 0.25) is 5.91 Å². The van der Waals surface area contributed by atoms with Crippen molar-refractivity contribution in [3.05, 3.63) is 0 Å². The summed E-state index contributed by atoms with van der Waals surface area (Å²) in [6.45, 7) is 4.48. The van der Waals surface area contributed by atoms with Crippen molar-refractivity contribution in [1.29, 1.82) is 0 Å². The maximum Gasteiger partial charge on any atom is 0.220 e. The lowest BCUT2D eigenvalue weighted by Crippen LogP contribution is -2.30. The van der Waals surface area contributed by atoms with Crippen LogP contribution in [0.1, 0.15) is 51.9 Å². The van der Waals surface area contributed by atoms with Crippen molar-refractivity contribution in [2.75, 3.05) is 13.1 Å². The minimum atomic E-state index is 0.284. The van der Waals surface area contributed by atoms with Crippen LogP contribution in [-0.2, 0) is 4.79 Å². The molecule has 0 radical (unpaired) electrons. The third kappa shape index (κ3) is 4.30. The molecule has 0 aromatic carbocycles. The van der Waals surface area contributed by atoms with Crippen molar-refractivity contribution in [3.8, 4) is 0 Å². The molecule has 1 saturated carbocycles. The molecule has 2 atom stereocenters. The van der Waals surface area contributed by atoms with Gasteiger partial charge in [-0.25, -0.2) is 0 Å². The summed E-state index contributed by atoms with van der Waals surface area (Å²) in [5, 5.41) is 6.54. The molecule has 0 bridgehead atoms. The Hall–Kier alpha value is -0.570. The average Bonchev–Trinajstić information content (AvgIpc) is 3.06. The van der Waals surface area contributed by atoms with Gasteiger partial charge in [0.25, 0.3) is 0 Å². The predicted octanol–water partition coefficient (Wildman–Crippen LogP) is 2.07. The highest BCUT2D eigenvalue weighted by Crippen LogP contribution is 2.34. The van der Waals surface area contributed by atoms with Crippen molar-refractivity contribution in [3.63, 3.8) is 0 Å². The van der Waals surface area contributed by atoms with E-state index in [-0.39, 0.29) is 5.91 Å². The fraction of sp³-hybridized carbons (Fsp3) is 0.929. The van der Waals surface area contributed by atoms with E-state index in [0.717, 1.165) is 37.8 Å². The van der Waals surface area contributed by atoms with E-state index in [9.17, 15) is 4.79 Å². The number of carbonyl (C=O) groups excluding carboxylic acids is 1. The van der Waals surface area contributed by atoms with Gasteiger partial charge in [-0.05, 0) is 57.0 Å². The summed E-state index contributed by atoms with van der Waals surface area (Å²) >= 11 is 0. The molecular formula is C14H26N2O. The van der Waals surface area contributed by atoms with Crippen LogP contribution in [0, 0.1) is 11.8 Å². The van der Waals surface area contributed by atoms with Crippen LogP contribution in [-0.4, -0.2) is 25.0 Å². The zero-order valence-corrected chi connectivity index (χ0v) is 11.0. The largest absolute Gasteiger partial charge is 0.353 e. The summed E-state index contributed by atoms with van der Waals surface area (Å²) in [6, 6.07) is 0.510. The number of nitrogens with one attached hydrogen (secondary N) is 2. The smallest absolute Gasteiger partial charge is 0.220 e. The second kappa shape index (κ2) is 6.39. The Labute approximate surface area is 105 Å². The van der Waals surface area contributed by atoms with Gasteiger partial charge in [-0.2, -0.15) is 0 Å². The van der Waals surface area contributed by atoms with Gasteiger partial charge in [-0.1, -0.05) is 13.3 Å². The summed E-state index contributed by atoms with van der Waals surface area (Å²) < 4.78 is 0. The van der Waals surface area contributed by atoms with Crippen molar-refractivity contribution in [1.82, 2.24) is 10.6 Å². The molecule has 0 spiro atoms. The second-order valence-electron chi connectivity index (χ2n) is 5.69. The van der Waals surface area contributed by atoms with E-state index in [1.165, 1.54) is 32.1 Å². The van der Waals surface area contributed by atoms with Crippen LogP contribution in [0.15, 0.2) is 0 Å². The number of amides is 1. The fourth-order valence-electron chi connectivity index (χ4n) is 2.90. The van der Waals surface area contributed by atoms with E-state index in [1.54, 1.807) is 0 Å². The molecule has 98 valence electrons. The summed E-state index contributed by atoms with van der Waals surface area (Å²) in [6.07, 6.45) is 8.04. The Morgan fingerprint density at radius 2 is 2.06 bits per heavy atom. The third-order valence-corrected chi connectivity index (χ3v) is 4.17. The monoisotopic (exact) mass is 238 g/mol. The van der Waals surface area contributed by atoms with Crippen LogP contribution in [0.4, 0.5) is 0 Å². The Morgan fingerprint density at radius 3 is 2.76 bits per heavy atom. The Morgan fingerprint density at radius 1 is 1.29 bits per heavy atom. The highest BCUT2D eigenvalue weighted by molar-refractivity contribution is 5.76. The summed E-state index contributed by atoms with van der Waals surface area (Å²) in [7, 11) is 0. The molecule has 1 saturated heterocycles. The van der Waals surface area contributed by atoms with E-state index in [0.29, 0.717) is 6.04 Å². The van der Waals surface area contributed by atoms with E-state index in [4.69, 9.17) is 0 Å². The van der Waals surface area contributed by atoms with Crippen LogP contribution in [0.5, 0.6) is 0 Å². The Kier molecular flexibility index (Phi) is 4.84. The average molecular weight is 238 g/mol. The first-order valence-corrected chi connectivity index (χ1v) is 7.29. The van der Waals surface area contributed by atoms with Crippen molar-refractivity contribution in [2.24, 2.45) is 11.8 Å². The topological polar surface area (TPSA) is 41.1 Å². The Balaban J connectivity index is 1.55. The molecule has 3 heteroatoms. The van der Waals surface area contributed by atoms with Gasteiger partial charge in [0.1, 0.15) is 0 Å². The molecule has 3 nitrogen and oxygen atoms in total. The molecule has 1 amide bonds. The molecular weight excluding hydrogens is 212 g/mol. The highest BCUT2D eigenvalue weighted by atomic mass is 16.1. The van der Waals surface area contributed by atoms with Crippen LogP contribution >= 0.6 is 0 Å². The molecule has 1 heterocycles. The van der Waals surface area contributed by atoms with Gasteiger partial charge < -0.3 is 10.6 Å². The van der Waals surface area contributed by atoms with Gasteiger partial charge in [-0.3, -0.25) is 4.79 Å². The predicted molar refractivity (Wildman–Crippen MR) is 69.8 cm³/mol. The van der Waals surface area contributed by atoms with Gasteiger partial charge >= 0.3 is 0 Å². The first kappa shape index (κ1) is 12.9.